The molecule has 7 nitrogen and oxygen atoms in total. The summed E-state index contributed by atoms with van der Waals surface area (Å²) in [4.78, 5) is 15.2. The number of nitrogens with one attached hydrogen (secondary N) is 1. The van der Waals surface area contributed by atoms with Crippen LogP contribution >= 0.6 is 0 Å². The lowest BCUT2D eigenvalue weighted by atomic mass is 9.93. The number of nitrogens with zero attached hydrogens (tertiary/aromatic N) is 2. The fraction of sp³-hybridized carbons (Fsp3) is 0.400. The van der Waals surface area contributed by atoms with Crippen LogP contribution < -0.4 is 5.32 Å². The molecule has 1 amide bonds. The van der Waals surface area contributed by atoms with Crippen LogP contribution in [0.5, 0.6) is 0 Å². The molecule has 0 radical (unpaired) electrons. The highest BCUT2D eigenvalue weighted by Crippen LogP contribution is 2.37. The maximum absolute atomic E-state index is 14.8. The number of carbonyl (C=O) groups excluding carboxylic acids is 1. The Morgan fingerprint density at radius 3 is 2.25 bits per heavy atom. The summed E-state index contributed by atoms with van der Waals surface area (Å²) in [7, 11) is -3.47. The highest BCUT2D eigenvalue weighted by atomic mass is 32.2. The first-order valence-electron chi connectivity index (χ1n) is 9.48. The Bertz CT molecular complexity index is 1060. The van der Waals surface area contributed by atoms with Crippen molar-refractivity contribution < 1.29 is 35.9 Å². The molecule has 2 heterocycles. The van der Waals surface area contributed by atoms with E-state index in [9.17, 15) is 35.9 Å². The Morgan fingerprint density at radius 2 is 1.78 bits per heavy atom. The van der Waals surface area contributed by atoms with Crippen molar-refractivity contribution in [2.24, 2.45) is 0 Å². The van der Waals surface area contributed by atoms with E-state index in [2.05, 4.69) is 4.98 Å². The minimum absolute atomic E-state index is 0.105. The Balaban J connectivity index is 1.69. The highest BCUT2D eigenvalue weighted by molar-refractivity contribution is 7.88. The number of halogens is 4. The smallest absolute Gasteiger partial charge is 0.315 e. The lowest BCUT2D eigenvalue weighted by molar-refractivity contribution is -0.133. The lowest BCUT2D eigenvalue weighted by Gasteiger charge is -2.42. The van der Waals surface area contributed by atoms with Crippen molar-refractivity contribution in [3.63, 3.8) is 0 Å². The number of hydrogen-bond acceptors (Lipinski definition) is 5. The second-order valence-electron chi connectivity index (χ2n) is 7.57. The summed E-state index contributed by atoms with van der Waals surface area (Å²) < 4.78 is 76.6. The number of hydrogen-bond donors (Lipinski definition) is 2. The van der Waals surface area contributed by atoms with Gasteiger partial charge < -0.3 is 10.4 Å². The maximum atomic E-state index is 14.8. The molecule has 1 aliphatic rings. The van der Waals surface area contributed by atoms with Crippen molar-refractivity contribution in [3.05, 3.63) is 53.9 Å². The molecule has 174 valence electrons. The van der Waals surface area contributed by atoms with E-state index in [1.165, 1.54) is 24.4 Å². The van der Waals surface area contributed by atoms with Crippen molar-refractivity contribution in [2.45, 2.75) is 24.2 Å². The molecule has 0 aliphatic carbocycles. The van der Waals surface area contributed by atoms with Crippen LogP contribution in [0, 0.1) is 0 Å². The zero-order chi connectivity index (χ0) is 23.7. The van der Waals surface area contributed by atoms with Gasteiger partial charge in [0.25, 0.3) is 5.91 Å². The largest absolute Gasteiger partial charge is 0.386 e. The third-order valence-electron chi connectivity index (χ3n) is 5.20. The summed E-state index contributed by atoms with van der Waals surface area (Å²) >= 11 is 0. The molecule has 0 bridgehead atoms. The first-order chi connectivity index (χ1) is 14.9. The van der Waals surface area contributed by atoms with E-state index in [1.807, 2.05) is 0 Å². The molecule has 2 N–H and O–H groups in total. The minimum atomic E-state index is -3.47. The van der Waals surface area contributed by atoms with Crippen molar-refractivity contribution in [3.8, 4) is 11.1 Å². The van der Waals surface area contributed by atoms with Gasteiger partial charge in [0, 0.05) is 11.8 Å². The second kappa shape index (κ2) is 9.12. The summed E-state index contributed by atoms with van der Waals surface area (Å²) in [5.41, 5.74) is -0.319. The van der Waals surface area contributed by atoms with Gasteiger partial charge in [0.1, 0.15) is 12.8 Å². The number of amides is 1. The molecule has 12 heteroatoms. The SMILES string of the molecule is CS(=O)(=O)N1CC(F)(c2ccc(-c3ccc(C(O)C(CF)NC(=O)C(F)F)cc3)cn2)C1. The van der Waals surface area contributed by atoms with Crippen LogP contribution in [0.3, 0.4) is 0 Å². The Kier molecular flexibility index (Phi) is 6.86. The number of alkyl halides is 4. The number of benzene rings is 1. The van der Waals surface area contributed by atoms with Crippen LogP contribution in [0.2, 0.25) is 0 Å². The molecule has 1 saturated heterocycles. The lowest BCUT2D eigenvalue weighted by Crippen LogP contribution is -2.58. The van der Waals surface area contributed by atoms with Crippen molar-refractivity contribution in [1.29, 1.82) is 0 Å². The number of aromatic nitrogens is 1. The minimum Gasteiger partial charge on any atom is -0.386 e. The summed E-state index contributed by atoms with van der Waals surface area (Å²) in [6.07, 6.45) is -2.45. The molecular formula is C20H21F4N3O4S. The average molecular weight is 475 g/mol. The fourth-order valence-electron chi connectivity index (χ4n) is 3.29. The predicted molar refractivity (Wildman–Crippen MR) is 108 cm³/mol. The Labute approximate surface area is 182 Å². The average Bonchev–Trinajstić information content (AvgIpc) is 2.74. The third-order valence-corrected chi connectivity index (χ3v) is 6.40. The van der Waals surface area contributed by atoms with Crippen molar-refractivity contribution >= 4 is 15.9 Å². The van der Waals surface area contributed by atoms with Gasteiger partial charge in [0.2, 0.25) is 10.0 Å². The van der Waals surface area contributed by atoms with Gasteiger partial charge in [-0.25, -0.2) is 17.2 Å². The zero-order valence-corrected chi connectivity index (χ0v) is 17.7. The van der Waals surface area contributed by atoms with Crippen LogP contribution in [-0.4, -0.2) is 67.2 Å². The van der Waals surface area contributed by atoms with E-state index in [0.29, 0.717) is 11.1 Å². The third kappa shape index (κ3) is 5.08. The monoisotopic (exact) mass is 475 g/mol. The van der Waals surface area contributed by atoms with Crippen LogP contribution in [0.25, 0.3) is 11.1 Å². The normalized spacial score (nSPS) is 18.1. The first-order valence-corrected chi connectivity index (χ1v) is 11.3. The van der Waals surface area contributed by atoms with E-state index < -0.39 is 46.8 Å². The number of sulfonamides is 1. The topological polar surface area (TPSA) is 99.6 Å². The van der Waals surface area contributed by atoms with Gasteiger partial charge in [-0.1, -0.05) is 30.3 Å². The van der Waals surface area contributed by atoms with Crippen LogP contribution in [-0.2, 0) is 20.5 Å². The standard InChI is InChI=1S/C20H21F4N3O4S/c1-32(30,31)27-10-20(24,11-27)16-7-6-14(9-25-16)12-2-4-13(5-3-12)17(28)15(8-21)26-19(29)18(22)23/h2-7,9,15,17-18,28H,8,10-11H2,1H3,(H,26,29). The molecule has 1 fully saturated rings. The van der Waals surface area contributed by atoms with Gasteiger partial charge >= 0.3 is 6.43 Å². The summed E-state index contributed by atoms with van der Waals surface area (Å²) in [6.45, 7) is -1.85. The number of rotatable bonds is 8. The number of carbonyl (C=O) groups is 1. The van der Waals surface area contributed by atoms with Gasteiger partial charge in [-0.2, -0.15) is 13.1 Å². The molecule has 1 aromatic carbocycles. The summed E-state index contributed by atoms with van der Waals surface area (Å²) in [5, 5.41) is 12.0. The van der Waals surface area contributed by atoms with Crippen molar-refractivity contribution in [1.82, 2.24) is 14.6 Å². The molecule has 2 atom stereocenters. The molecule has 2 unspecified atom stereocenters. The van der Waals surface area contributed by atoms with E-state index in [4.69, 9.17) is 0 Å². The predicted octanol–water partition coefficient (Wildman–Crippen LogP) is 1.94. The molecule has 1 aromatic heterocycles. The molecule has 3 rings (SSSR count). The zero-order valence-electron chi connectivity index (χ0n) is 16.9. The molecular weight excluding hydrogens is 454 g/mol. The number of aliphatic hydroxyl groups is 1. The van der Waals surface area contributed by atoms with Gasteiger partial charge in [-0.15, -0.1) is 0 Å². The number of aliphatic hydroxyl groups excluding tert-OH is 1. The Hall–Kier alpha value is -2.57. The van der Waals surface area contributed by atoms with Crippen molar-refractivity contribution in [2.75, 3.05) is 26.0 Å². The highest BCUT2D eigenvalue weighted by Gasteiger charge is 2.49. The van der Waals surface area contributed by atoms with Crippen LogP contribution in [0.4, 0.5) is 17.6 Å². The first kappa shape index (κ1) is 24.1. The van der Waals surface area contributed by atoms with Gasteiger partial charge in [0.15, 0.2) is 5.67 Å². The fourth-order valence-corrected chi connectivity index (χ4v) is 4.17. The van der Waals surface area contributed by atoms with Gasteiger partial charge in [0.05, 0.1) is 31.1 Å². The summed E-state index contributed by atoms with van der Waals surface area (Å²) in [6, 6.07) is 7.55. The van der Waals surface area contributed by atoms with Gasteiger partial charge in [-0.3, -0.25) is 9.78 Å². The summed E-state index contributed by atoms with van der Waals surface area (Å²) in [5.74, 6) is -1.67. The van der Waals surface area contributed by atoms with Crippen LogP contribution in [0.1, 0.15) is 17.4 Å². The van der Waals surface area contributed by atoms with E-state index in [0.717, 1.165) is 10.6 Å². The van der Waals surface area contributed by atoms with Gasteiger partial charge in [-0.05, 0) is 17.2 Å². The Morgan fingerprint density at radius 1 is 1.19 bits per heavy atom. The van der Waals surface area contributed by atoms with E-state index in [-0.39, 0.29) is 24.3 Å². The maximum Gasteiger partial charge on any atom is 0.315 e. The quantitative estimate of drug-likeness (QED) is 0.569. The van der Waals surface area contributed by atoms with E-state index in [1.54, 1.807) is 23.5 Å². The molecule has 2 aromatic rings. The van der Waals surface area contributed by atoms with Crippen LogP contribution in [0.15, 0.2) is 42.6 Å². The molecule has 1 aliphatic heterocycles. The second-order valence-corrected chi connectivity index (χ2v) is 9.55. The van der Waals surface area contributed by atoms with E-state index >= 15 is 0 Å². The number of pyridine rings is 1. The molecule has 32 heavy (non-hydrogen) atoms. The molecule has 0 saturated carbocycles. The molecule has 0 spiro atoms.